The van der Waals surface area contributed by atoms with Gasteiger partial charge in [0.25, 0.3) is 0 Å². The number of rotatable bonds is 4. The van der Waals surface area contributed by atoms with Gasteiger partial charge >= 0.3 is 0 Å². The summed E-state index contributed by atoms with van der Waals surface area (Å²) in [7, 11) is 3.15. The fourth-order valence-corrected chi connectivity index (χ4v) is 2.13. The highest BCUT2D eigenvalue weighted by Crippen LogP contribution is 2.32. The van der Waals surface area contributed by atoms with Crippen LogP contribution in [0.5, 0.6) is 11.5 Å². The molecule has 2 aromatic rings. The summed E-state index contributed by atoms with van der Waals surface area (Å²) < 4.78 is 10.3. The van der Waals surface area contributed by atoms with Gasteiger partial charge < -0.3 is 14.6 Å². The summed E-state index contributed by atoms with van der Waals surface area (Å²) in [5.41, 5.74) is 2.99. The second kappa shape index (κ2) is 5.16. The molecule has 1 aromatic heterocycles. The van der Waals surface area contributed by atoms with Gasteiger partial charge in [0.05, 0.1) is 25.4 Å². The zero-order valence-electron chi connectivity index (χ0n) is 9.58. The van der Waals surface area contributed by atoms with E-state index in [0.717, 1.165) is 0 Å². The highest BCUT2D eigenvalue weighted by molar-refractivity contribution is 7.07. The van der Waals surface area contributed by atoms with Crippen LogP contribution in [-0.4, -0.2) is 24.3 Å². The van der Waals surface area contributed by atoms with Crippen molar-refractivity contribution < 1.29 is 14.6 Å². The van der Waals surface area contributed by atoms with Crippen molar-refractivity contribution in [3.8, 4) is 11.5 Å². The molecule has 0 aliphatic carbocycles. The Labute approximate surface area is 103 Å². The third-order valence-corrected chi connectivity index (χ3v) is 3.07. The predicted molar refractivity (Wildman–Crippen MR) is 65.7 cm³/mol. The van der Waals surface area contributed by atoms with Gasteiger partial charge in [0.1, 0.15) is 17.6 Å². The van der Waals surface area contributed by atoms with E-state index < -0.39 is 6.10 Å². The summed E-state index contributed by atoms with van der Waals surface area (Å²) >= 11 is 1.45. The van der Waals surface area contributed by atoms with Crippen molar-refractivity contribution in [2.75, 3.05) is 14.2 Å². The molecular weight excluding hydrogens is 238 g/mol. The van der Waals surface area contributed by atoms with Crippen molar-refractivity contribution in [1.82, 2.24) is 4.98 Å². The number of benzene rings is 1. The minimum Gasteiger partial charge on any atom is -0.497 e. The van der Waals surface area contributed by atoms with Crippen LogP contribution < -0.4 is 9.47 Å². The highest BCUT2D eigenvalue weighted by atomic mass is 32.1. The number of aliphatic hydroxyl groups is 1. The Balaban J connectivity index is 2.38. The molecule has 4 nitrogen and oxygen atoms in total. The summed E-state index contributed by atoms with van der Waals surface area (Å²) in [4.78, 5) is 4.09. The summed E-state index contributed by atoms with van der Waals surface area (Å²) in [6, 6.07) is 5.31. The van der Waals surface area contributed by atoms with Crippen LogP contribution in [0, 0.1) is 0 Å². The number of aromatic nitrogens is 1. The molecule has 0 saturated heterocycles. The van der Waals surface area contributed by atoms with Crippen molar-refractivity contribution in [3.63, 3.8) is 0 Å². The maximum absolute atomic E-state index is 10.2. The Morgan fingerprint density at radius 2 is 2.12 bits per heavy atom. The van der Waals surface area contributed by atoms with Crippen LogP contribution in [0.3, 0.4) is 0 Å². The molecule has 0 amide bonds. The molecule has 0 fully saturated rings. The largest absolute Gasteiger partial charge is 0.497 e. The van der Waals surface area contributed by atoms with Crippen LogP contribution in [0.2, 0.25) is 0 Å². The lowest BCUT2D eigenvalue weighted by atomic mass is 10.1. The SMILES string of the molecule is COc1ccc(C(O)c2cscn2)c(OC)c1. The zero-order chi connectivity index (χ0) is 12.3. The van der Waals surface area contributed by atoms with Crippen molar-refractivity contribution >= 4 is 11.3 Å². The molecule has 0 saturated carbocycles. The first kappa shape index (κ1) is 11.9. The lowest BCUT2D eigenvalue weighted by molar-refractivity contribution is 0.210. The second-order valence-electron chi connectivity index (χ2n) is 3.42. The van der Waals surface area contributed by atoms with E-state index in [2.05, 4.69) is 4.98 Å². The number of hydrogen-bond acceptors (Lipinski definition) is 5. The quantitative estimate of drug-likeness (QED) is 0.905. The van der Waals surface area contributed by atoms with Crippen LogP contribution >= 0.6 is 11.3 Å². The summed E-state index contributed by atoms with van der Waals surface area (Å²) in [5.74, 6) is 1.28. The Kier molecular flexibility index (Phi) is 3.61. The van der Waals surface area contributed by atoms with E-state index in [1.54, 1.807) is 37.9 Å². The Bertz CT molecular complexity index is 485. The monoisotopic (exact) mass is 251 g/mol. The standard InChI is InChI=1S/C12H13NO3S/c1-15-8-3-4-9(11(5-8)16-2)12(14)10-6-17-7-13-10/h3-7,12,14H,1-2H3. The first-order chi connectivity index (χ1) is 8.26. The highest BCUT2D eigenvalue weighted by Gasteiger charge is 2.17. The van der Waals surface area contributed by atoms with Gasteiger partial charge in [0, 0.05) is 17.0 Å². The van der Waals surface area contributed by atoms with Gasteiger partial charge in [-0.25, -0.2) is 4.98 Å². The van der Waals surface area contributed by atoms with Crippen LogP contribution in [0.25, 0.3) is 0 Å². The Morgan fingerprint density at radius 1 is 1.29 bits per heavy atom. The smallest absolute Gasteiger partial charge is 0.128 e. The van der Waals surface area contributed by atoms with E-state index in [0.29, 0.717) is 22.8 Å². The average molecular weight is 251 g/mol. The number of thiazole rings is 1. The van der Waals surface area contributed by atoms with Crippen LogP contribution in [-0.2, 0) is 0 Å². The molecule has 17 heavy (non-hydrogen) atoms. The summed E-state index contributed by atoms with van der Waals surface area (Å²) in [6.07, 6.45) is -0.776. The van der Waals surface area contributed by atoms with Crippen molar-refractivity contribution in [2.45, 2.75) is 6.10 Å². The molecule has 0 spiro atoms. The molecule has 1 N–H and O–H groups in total. The minimum atomic E-state index is -0.776. The van der Waals surface area contributed by atoms with E-state index in [9.17, 15) is 5.11 Å². The van der Waals surface area contributed by atoms with Crippen LogP contribution in [0.4, 0.5) is 0 Å². The molecular formula is C12H13NO3S. The van der Waals surface area contributed by atoms with E-state index in [-0.39, 0.29) is 0 Å². The number of ether oxygens (including phenoxy) is 2. The number of aliphatic hydroxyl groups excluding tert-OH is 1. The van der Waals surface area contributed by atoms with Crippen molar-refractivity contribution in [1.29, 1.82) is 0 Å². The molecule has 1 atom stereocenters. The molecule has 90 valence electrons. The number of hydrogen-bond donors (Lipinski definition) is 1. The lowest BCUT2D eigenvalue weighted by Crippen LogP contribution is -2.03. The zero-order valence-corrected chi connectivity index (χ0v) is 10.4. The van der Waals surface area contributed by atoms with E-state index in [4.69, 9.17) is 9.47 Å². The first-order valence-electron chi connectivity index (χ1n) is 5.04. The van der Waals surface area contributed by atoms with E-state index in [1.165, 1.54) is 11.3 Å². The molecule has 0 aliphatic heterocycles. The van der Waals surface area contributed by atoms with Gasteiger partial charge in [-0.3, -0.25) is 0 Å². The summed E-state index contributed by atoms with van der Waals surface area (Å²) in [5, 5.41) is 12.0. The molecule has 0 bridgehead atoms. The lowest BCUT2D eigenvalue weighted by Gasteiger charge is -2.14. The van der Waals surface area contributed by atoms with Gasteiger partial charge in [-0.2, -0.15) is 0 Å². The average Bonchev–Trinajstić information content (AvgIpc) is 2.91. The van der Waals surface area contributed by atoms with Gasteiger partial charge in [0.2, 0.25) is 0 Å². The van der Waals surface area contributed by atoms with Crippen molar-refractivity contribution in [2.24, 2.45) is 0 Å². The molecule has 1 unspecified atom stereocenters. The fraction of sp³-hybridized carbons (Fsp3) is 0.250. The van der Waals surface area contributed by atoms with Gasteiger partial charge in [0.15, 0.2) is 0 Å². The molecule has 0 radical (unpaired) electrons. The fourth-order valence-electron chi connectivity index (χ4n) is 1.56. The van der Waals surface area contributed by atoms with Crippen LogP contribution in [0.15, 0.2) is 29.1 Å². The number of methoxy groups -OCH3 is 2. The Hall–Kier alpha value is -1.59. The third-order valence-electron chi connectivity index (χ3n) is 2.47. The maximum atomic E-state index is 10.2. The maximum Gasteiger partial charge on any atom is 0.128 e. The second-order valence-corrected chi connectivity index (χ2v) is 4.14. The van der Waals surface area contributed by atoms with E-state index in [1.807, 2.05) is 5.38 Å². The molecule has 2 rings (SSSR count). The molecule has 1 aromatic carbocycles. The molecule has 0 aliphatic rings. The topological polar surface area (TPSA) is 51.6 Å². The Morgan fingerprint density at radius 3 is 2.71 bits per heavy atom. The third kappa shape index (κ3) is 2.40. The first-order valence-corrected chi connectivity index (χ1v) is 5.98. The molecule has 1 heterocycles. The normalized spacial score (nSPS) is 12.2. The molecule has 5 heteroatoms. The van der Waals surface area contributed by atoms with Crippen LogP contribution in [0.1, 0.15) is 17.4 Å². The van der Waals surface area contributed by atoms with Gasteiger partial charge in [-0.05, 0) is 12.1 Å². The van der Waals surface area contributed by atoms with E-state index >= 15 is 0 Å². The van der Waals surface area contributed by atoms with Gasteiger partial charge in [-0.1, -0.05) is 0 Å². The van der Waals surface area contributed by atoms with Crippen molar-refractivity contribution in [3.05, 3.63) is 40.3 Å². The summed E-state index contributed by atoms with van der Waals surface area (Å²) in [6.45, 7) is 0. The number of nitrogens with zero attached hydrogens (tertiary/aromatic N) is 1. The predicted octanol–water partition coefficient (Wildman–Crippen LogP) is 2.24. The minimum absolute atomic E-state index is 0.588. The van der Waals surface area contributed by atoms with Gasteiger partial charge in [-0.15, -0.1) is 11.3 Å².